The zero-order valence-corrected chi connectivity index (χ0v) is 15.1. The van der Waals surface area contributed by atoms with Crippen LogP contribution in [0.1, 0.15) is 23.6 Å². The van der Waals surface area contributed by atoms with Crippen molar-refractivity contribution >= 4 is 11.9 Å². The third-order valence-electron chi connectivity index (χ3n) is 5.60. The smallest absolute Gasteiger partial charge is 0.312 e. The number of para-hydroxylation sites is 1. The number of carbonyl (C=O) groups excluding carboxylic acids is 1. The highest BCUT2D eigenvalue weighted by Crippen LogP contribution is 2.44. The van der Waals surface area contributed by atoms with Crippen molar-refractivity contribution in [3.8, 4) is 5.75 Å². The summed E-state index contributed by atoms with van der Waals surface area (Å²) in [6.07, 6.45) is 1.06. The molecule has 2 N–H and O–H groups in total. The number of amides is 1. The number of aromatic nitrogens is 3. The van der Waals surface area contributed by atoms with Crippen LogP contribution in [-0.4, -0.2) is 56.8 Å². The van der Waals surface area contributed by atoms with Crippen molar-refractivity contribution in [2.75, 3.05) is 19.7 Å². The molecule has 0 bridgehead atoms. The van der Waals surface area contributed by atoms with Crippen molar-refractivity contribution in [2.45, 2.75) is 26.2 Å². The number of carboxylic acids is 1. The number of likely N-dealkylation sites (tertiary alicyclic amines) is 1. The Bertz CT molecular complexity index is 880. The number of carbonyl (C=O) groups is 2. The molecule has 2 atom stereocenters. The molecule has 1 unspecified atom stereocenters. The van der Waals surface area contributed by atoms with E-state index in [4.69, 9.17) is 4.74 Å². The van der Waals surface area contributed by atoms with E-state index in [1.54, 1.807) is 11.8 Å². The Morgan fingerprint density at radius 1 is 1.41 bits per heavy atom. The van der Waals surface area contributed by atoms with E-state index < -0.39 is 11.4 Å². The first-order valence-corrected chi connectivity index (χ1v) is 9.08. The first kappa shape index (κ1) is 17.5. The van der Waals surface area contributed by atoms with Crippen molar-refractivity contribution in [3.05, 3.63) is 41.5 Å². The molecule has 27 heavy (non-hydrogen) atoms. The molecule has 1 aromatic heterocycles. The maximum Gasteiger partial charge on any atom is 0.312 e. The van der Waals surface area contributed by atoms with Gasteiger partial charge in [-0.05, 0) is 25.0 Å². The highest BCUT2D eigenvalue weighted by Gasteiger charge is 2.55. The van der Waals surface area contributed by atoms with Gasteiger partial charge in [-0.2, -0.15) is 5.10 Å². The van der Waals surface area contributed by atoms with E-state index in [1.165, 1.54) is 0 Å². The van der Waals surface area contributed by atoms with Gasteiger partial charge in [0, 0.05) is 31.8 Å². The van der Waals surface area contributed by atoms with Gasteiger partial charge in [-0.15, -0.1) is 0 Å². The third kappa shape index (κ3) is 3.15. The molecule has 8 nitrogen and oxygen atoms in total. The van der Waals surface area contributed by atoms with Crippen molar-refractivity contribution in [3.63, 3.8) is 0 Å². The summed E-state index contributed by atoms with van der Waals surface area (Å²) in [6, 6.07) is 7.54. The molecule has 0 spiro atoms. The van der Waals surface area contributed by atoms with Gasteiger partial charge in [0.2, 0.25) is 5.91 Å². The number of carboxylic acid groups (broad SMARTS) is 1. The second-order valence-electron chi connectivity index (χ2n) is 7.37. The van der Waals surface area contributed by atoms with E-state index in [-0.39, 0.29) is 24.8 Å². The quantitative estimate of drug-likeness (QED) is 0.837. The molecule has 2 aromatic rings. The van der Waals surface area contributed by atoms with Gasteiger partial charge in [-0.25, -0.2) is 4.98 Å². The molecule has 2 aliphatic rings. The number of benzene rings is 1. The highest BCUT2D eigenvalue weighted by atomic mass is 16.5. The van der Waals surface area contributed by atoms with E-state index in [2.05, 4.69) is 15.2 Å². The number of rotatable bonds is 4. The SMILES string of the molecule is Cc1nc(CCC(=O)N2CC3COc4ccccc4C[C@@]3(C(=O)O)C2)n[nH]1. The lowest BCUT2D eigenvalue weighted by atomic mass is 9.74. The fourth-order valence-corrected chi connectivity index (χ4v) is 4.09. The number of ether oxygens (including phenoxy) is 1. The van der Waals surface area contributed by atoms with Crippen molar-refractivity contribution in [1.29, 1.82) is 0 Å². The van der Waals surface area contributed by atoms with Gasteiger partial charge in [0.05, 0.1) is 12.0 Å². The van der Waals surface area contributed by atoms with E-state index in [9.17, 15) is 14.7 Å². The molecular weight excluding hydrogens is 348 g/mol. The lowest BCUT2D eigenvalue weighted by Gasteiger charge is -2.27. The molecular formula is C19H22N4O4. The van der Waals surface area contributed by atoms with Crippen LogP contribution in [0.15, 0.2) is 24.3 Å². The van der Waals surface area contributed by atoms with Gasteiger partial charge in [-0.1, -0.05) is 18.2 Å². The molecule has 8 heteroatoms. The summed E-state index contributed by atoms with van der Waals surface area (Å²) in [4.78, 5) is 30.8. The van der Waals surface area contributed by atoms with E-state index >= 15 is 0 Å². The van der Waals surface area contributed by atoms with Crippen LogP contribution < -0.4 is 4.74 Å². The molecule has 0 radical (unpaired) electrons. The van der Waals surface area contributed by atoms with Crippen LogP contribution in [0.3, 0.4) is 0 Å². The molecule has 1 amide bonds. The minimum absolute atomic E-state index is 0.0700. The lowest BCUT2D eigenvalue weighted by molar-refractivity contribution is -0.151. The first-order chi connectivity index (χ1) is 13.0. The molecule has 1 fully saturated rings. The predicted octanol–water partition coefficient (Wildman–Crippen LogP) is 1.21. The van der Waals surface area contributed by atoms with Crippen LogP contribution in [0.5, 0.6) is 5.75 Å². The number of aromatic amines is 1. The number of nitrogens with zero attached hydrogens (tertiary/aromatic N) is 3. The monoisotopic (exact) mass is 370 g/mol. The Morgan fingerprint density at radius 2 is 2.22 bits per heavy atom. The molecule has 1 aromatic carbocycles. The zero-order valence-electron chi connectivity index (χ0n) is 15.1. The third-order valence-corrected chi connectivity index (χ3v) is 5.60. The van der Waals surface area contributed by atoms with Gasteiger partial charge in [-0.3, -0.25) is 14.7 Å². The fraction of sp³-hybridized carbons (Fsp3) is 0.474. The summed E-state index contributed by atoms with van der Waals surface area (Å²) in [5, 5.41) is 16.8. The van der Waals surface area contributed by atoms with Gasteiger partial charge >= 0.3 is 5.97 Å². The minimum Gasteiger partial charge on any atom is -0.493 e. The second kappa shape index (κ2) is 6.68. The van der Waals surface area contributed by atoms with Crippen LogP contribution in [0.2, 0.25) is 0 Å². The fourth-order valence-electron chi connectivity index (χ4n) is 4.09. The standard InChI is InChI=1S/C19H22N4O4/c1-12-20-16(22-21-12)6-7-17(24)23-9-14-10-27-15-5-3-2-4-13(15)8-19(14,11-23)18(25)26/h2-5,14H,6-11H2,1H3,(H,25,26)(H,20,21,22)/t14?,19-/m1/s1. The zero-order chi connectivity index (χ0) is 19.0. The normalized spacial score (nSPS) is 23.9. The maximum atomic E-state index is 12.7. The Morgan fingerprint density at radius 3 is 2.96 bits per heavy atom. The van der Waals surface area contributed by atoms with Gasteiger partial charge in [0.1, 0.15) is 11.6 Å². The van der Waals surface area contributed by atoms with Gasteiger partial charge in [0.15, 0.2) is 5.82 Å². The molecule has 142 valence electrons. The van der Waals surface area contributed by atoms with Crippen molar-refractivity contribution in [2.24, 2.45) is 11.3 Å². The van der Waals surface area contributed by atoms with Crippen molar-refractivity contribution in [1.82, 2.24) is 20.1 Å². The maximum absolute atomic E-state index is 12.7. The summed E-state index contributed by atoms with van der Waals surface area (Å²) in [5.41, 5.74) is -0.128. The lowest BCUT2D eigenvalue weighted by Crippen LogP contribution is -2.42. The van der Waals surface area contributed by atoms with E-state index in [0.717, 1.165) is 11.3 Å². The Labute approximate surface area is 156 Å². The largest absolute Gasteiger partial charge is 0.493 e. The number of hydrogen-bond donors (Lipinski definition) is 2. The van der Waals surface area contributed by atoms with E-state index in [1.807, 2.05) is 24.3 Å². The van der Waals surface area contributed by atoms with Crippen LogP contribution in [0.25, 0.3) is 0 Å². The number of nitrogens with one attached hydrogen (secondary N) is 1. The molecule has 3 heterocycles. The topological polar surface area (TPSA) is 108 Å². The molecule has 0 aliphatic carbocycles. The Kier molecular flexibility index (Phi) is 4.33. The summed E-state index contributed by atoms with van der Waals surface area (Å²) < 4.78 is 5.87. The number of aryl methyl sites for hydroxylation is 2. The van der Waals surface area contributed by atoms with Crippen molar-refractivity contribution < 1.29 is 19.4 Å². The summed E-state index contributed by atoms with van der Waals surface area (Å²) >= 11 is 0. The molecule has 4 rings (SSSR count). The van der Waals surface area contributed by atoms with Crippen LogP contribution >= 0.6 is 0 Å². The molecule has 2 aliphatic heterocycles. The van der Waals surface area contributed by atoms with Crippen LogP contribution in [0.4, 0.5) is 0 Å². The summed E-state index contributed by atoms with van der Waals surface area (Å²) in [5.74, 6) is 0.871. The second-order valence-corrected chi connectivity index (χ2v) is 7.37. The van der Waals surface area contributed by atoms with Crippen LogP contribution in [0, 0.1) is 18.3 Å². The number of hydrogen-bond acceptors (Lipinski definition) is 5. The summed E-state index contributed by atoms with van der Waals surface area (Å²) in [7, 11) is 0. The number of H-pyrrole nitrogens is 1. The Hall–Kier alpha value is -2.90. The highest BCUT2D eigenvalue weighted by molar-refractivity contribution is 5.81. The van der Waals surface area contributed by atoms with Gasteiger partial charge < -0.3 is 14.7 Å². The molecule has 0 saturated carbocycles. The number of aliphatic carboxylic acids is 1. The average molecular weight is 370 g/mol. The minimum atomic E-state index is -1.01. The summed E-state index contributed by atoms with van der Waals surface area (Å²) in [6.45, 7) is 2.71. The van der Waals surface area contributed by atoms with E-state index in [0.29, 0.717) is 37.6 Å². The number of fused-ring (bicyclic) bond motifs is 2. The van der Waals surface area contributed by atoms with Crippen LogP contribution in [-0.2, 0) is 22.4 Å². The first-order valence-electron chi connectivity index (χ1n) is 9.08. The van der Waals surface area contributed by atoms with Gasteiger partial charge in [0.25, 0.3) is 0 Å². The Balaban J connectivity index is 1.51. The average Bonchev–Trinajstić information content (AvgIpc) is 3.19. The molecule has 1 saturated heterocycles. The predicted molar refractivity (Wildman–Crippen MR) is 95.2 cm³/mol.